The predicted molar refractivity (Wildman–Crippen MR) is 86.8 cm³/mol. The number of anilines is 1. The molecule has 106 valence electrons. The molecule has 0 aliphatic heterocycles. The average molecular weight is 335 g/mol. The molecule has 3 nitrogen and oxygen atoms in total. The average Bonchev–Trinajstić information content (AvgIpc) is 2.44. The van der Waals surface area contributed by atoms with Gasteiger partial charge < -0.3 is 10.5 Å². The molecule has 0 unspecified atom stereocenters. The van der Waals surface area contributed by atoms with Gasteiger partial charge in [0.1, 0.15) is 12.4 Å². The van der Waals surface area contributed by atoms with Gasteiger partial charge in [0.25, 0.3) is 0 Å². The fourth-order valence-electron chi connectivity index (χ4n) is 1.88. The Morgan fingerprint density at radius 3 is 2.50 bits per heavy atom. The molecule has 0 spiro atoms. The van der Waals surface area contributed by atoms with Crippen molar-refractivity contribution >= 4 is 21.6 Å². The molecule has 2 aromatic carbocycles. The second-order valence-corrected chi connectivity index (χ2v) is 5.60. The van der Waals surface area contributed by atoms with Gasteiger partial charge >= 0.3 is 0 Å². The number of nitrogen functional groups attached to an aromatic ring is 1. The van der Waals surface area contributed by atoms with Gasteiger partial charge in [-0.25, -0.2) is 0 Å². The molecular weight excluding hydrogens is 316 g/mol. The van der Waals surface area contributed by atoms with E-state index in [2.05, 4.69) is 46.1 Å². The van der Waals surface area contributed by atoms with Gasteiger partial charge in [-0.05, 0) is 42.9 Å². The van der Waals surface area contributed by atoms with Crippen LogP contribution in [0.4, 0.5) is 5.69 Å². The third kappa shape index (κ3) is 4.54. The number of rotatable bonds is 6. The first-order chi connectivity index (χ1) is 9.65. The van der Waals surface area contributed by atoms with E-state index < -0.39 is 0 Å². The third-order valence-corrected chi connectivity index (χ3v) is 3.79. The zero-order valence-electron chi connectivity index (χ0n) is 11.6. The van der Waals surface area contributed by atoms with E-state index in [0.717, 1.165) is 29.0 Å². The Labute approximate surface area is 128 Å². The van der Waals surface area contributed by atoms with Crippen molar-refractivity contribution in [3.8, 4) is 5.75 Å². The summed E-state index contributed by atoms with van der Waals surface area (Å²) in [4.78, 5) is 2.23. The van der Waals surface area contributed by atoms with E-state index in [9.17, 15) is 0 Å². The number of halogens is 1. The Morgan fingerprint density at radius 2 is 1.80 bits per heavy atom. The molecule has 0 fully saturated rings. The van der Waals surface area contributed by atoms with Gasteiger partial charge in [0.2, 0.25) is 0 Å². The molecule has 0 radical (unpaired) electrons. The van der Waals surface area contributed by atoms with E-state index in [1.807, 2.05) is 30.3 Å². The van der Waals surface area contributed by atoms with Crippen molar-refractivity contribution in [3.05, 3.63) is 58.6 Å². The highest BCUT2D eigenvalue weighted by atomic mass is 79.9. The lowest BCUT2D eigenvalue weighted by Gasteiger charge is -2.18. The lowest BCUT2D eigenvalue weighted by molar-refractivity contribution is 0.232. The van der Waals surface area contributed by atoms with Crippen LogP contribution in [0.2, 0.25) is 0 Å². The van der Waals surface area contributed by atoms with Gasteiger partial charge in [0.15, 0.2) is 0 Å². The summed E-state index contributed by atoms with van der Waals surface area (Å²) in [5.74, 6) is 0.855. The third-order valence-electron chi connectivity index (χ3n) is 3.02. The van der Waals surface area contributed by atoms with Gasteiger partial charge in [0.05, 0.1) is 0 Å². The van der Waals surface area contributed by atoms with Crippen LogP contribution >= 0.6 is 15.9 Å². The van der Waals surface area contributed by atoms with Gasteiger partial charge in [-0.1, -0.05) is 34.1 Å². The topological polar surface area (TPSA) is 38.5 Å². The molecule has 0 aliphatic rings. The van der Waals surface area contributed by atoms with Gasteiger partial charge in [-0.15, -0.1) is 0 Å². The van der Waals surface area contributed by atoms with Crippen molar-refractivity contribution in [1.82, 2.24) is 4.90 Å². The molecule has 20 heavy (non-hydrogen) atoms. The van der Waals surface area contributed by atoms with Crippen molar-refractivity contribution in [2.75, 3.05) is 25.9 Å². The highest BCUT2D eigenvalue weighted by Crippen LogP contribution is 2.17. The van der Waals surface area contributed by atoms with Gasteiger partial charge in [-0.2, -0.15) is 0 Å². The van der Waals surface area contributed by atoms with Gasteiger partial charge in [0, 0.05) is 23.2 Å². The van der Waals surface area contributed by atoms with E-state index in [0.29, 0.717) is 6.61 Å². The maximum atomic E-state index is 5.69. The highest BCUT2D eigenvalue weighted by Gasteiger charge is 2.03. The molecular formula is C16H19BrN2O. The van der Waals surface area contributed by atoms with Crippen molar-refractivity contribution < 1.29 is 4.74 Å². The predicted octanol–water partition coefficient (Wildman–Crippen LogP) is 3.54. The molecule has 0 saturated heterocycles. The van der Waals surface area contributed by atoms with Crippen LogP contribution in [-0.4, -0.2) is 25.1 Å². The van der Waals surface area contributed by atoms with E-state index in [1.54, 1.807) is 0 Å². The number of hydrogen-bond donors (Lipinski definition) is 1. The van der Waals surface area contributed by atoms with Crippen LogP contribution in [0.15, 0.2) is 53.0 Å². The van der Waals surface area contributed by atoms with Crippen molar-refractivity contribution in [2.24, 2.45) is 0 Å². The molecule has 2 rings (SSSR count). The first kappa shape index (κ1) is 14.9. The molecule has 2 aromatic rings. The minimum atomic E-state index is 0.658. The zero-order valence-corrected chi connectivity index (χ0v) is 13.1. The smallest absolute Gasteiger partial charge is 0.119 e. The number of nitrogens with zero attached hydrogens (tertiary/aromatic N) is 1. The Morgan fingerprint density at radius 1 is 1.10 bits per heavy atom. The Kier molecular flexibility index (Phi) is 5.44. The fourth-order valence-corrected chi connectivity index (χ4v) is 2.29. The monoisotopic (exact) mass is 334 g/mol. The summed E-state index contributed by atoms with van der Waals surface area (Å²) >= 11 is 3.57. The summed E-state index contributed by atoms with van der Waals surface area (Å²) < 4.78 is 6.84. The largest absolute Gasteiger partial charge is 0.492 e. The summed E-state index contributed by atoms with van der Waals surface area (Å²) in [6, 6.07) is 15.7. The van der Waals surface area contributed by atoms with Gasteiger partial charge in [-0.3, -0.25) is 4.90 Å². The van der Waals surface area contributed by atoms with Crippen LogP contribution in [-0.2, 0) is 6.54 Å². The summed E-state index contributed by atoms with van der Waals surface area (Å²) in [5.41, 5.74) is 7.67. The highest BCUT2D eigenvalue weighted by molar-refractivity contribution is 9.10. The minimum Gasteiger partial charge on any atom is -0.492 e. The summed E-state index contributed by atoms with van der Waals surface area (Å²) in [6.45, 7) is 2.42. The molecule has 2 N–H and O–H groups in total. The molecule has 4 heteroatoms. The van der Waals surface area contributed by atoms with Crippen LogP contribution in [0.1, 0.15) is 5.56 Å². The molecule has 0 atom stereocenters. The van der Waals surface area contributed by atoms with Crippen LogP contribution in [0, 0.1) is 0 Å². The lowest BCUT2D eigenvalue weighted by atomic mass is 10.2. The number of hydrogen-bond acceptors (Lipinski definition) is 3. The maximum absolute atomic E-state index is 5.69. The number of nitrogens with two attached hydrogens (primary N) is 1. The van der Waals surface area contributed by atoms with Crippen molar-refractivity contribution in [1.29, 1.82) is 0 Å². The van der Waals surface area contributed by atoms with Crippen molar-refractivity contribution in [3.63, 3.8) is 0 Å². The first-order valence-corrected chi connectivity index (χ1v) is 7.35. The summed E-state index contributed by atoms with van der Waals surface area (Å²) in [7, 11) is 2.09. The maximum Gasteiger partial charge on any atom is 0.119 e. The minimum absolute atomic E-state index is 0.658. The van der Waals surface area contributed by atoms with E-state index in [4.69, 9.17) is 10.5 Å². The molecule has 0 aromatic heterocycles. The quantitative estimate of drug-likeness (QED) is 0.821. The number of likely N-dealkylation sites (N-methyl/N-ethyl adjacent to an activating group) is 1. The Bertz CT molecular complexity index is 542. The number of ether oxygens (including phenoxy) is 1. The second kappa shape index (κ2) is 7.31. The summed E-state index contributed by atoms with van der Waals surface area (Å²) in [5, 5.41) is 0. The summed E-state index contributed by atoms with van der Waals surface area (Å²) in [6.07, 6.45) is 0. The molecule has 0 bridgehead atoms. The molecule has 0 aliphatic carbocycles. The van der Waals surface area contributed by atoms with E-state index in [-0.39, 0.29) is 0 Å². The lowest BCUT2D eigenvalue weighted by Crippen LogP contribution is -2.24. The van der Waals surface area contributed by atoms with Crippen LogP contribution < -0.4 is 10.5 Å². The fraction of sp³-hybridized carbons (Fsp3) is 0.250. The molecule has 0 amide bonds. The standard InChI is InChI=1S/C16H19BrN2O/c1-19(12-13-4-2-3-5-16(13)17)10-11-20-15-8-6-14(18)7-9-15/h2-9H,10-12,18H2,1H3. The van der Waals surface area contributed by atoms with Crippen LogP contribution in [0.3, 0.4) is 0 Å². The zero-order chi connectivity index (χ0) is 14.4. The van der Waals surface area contributed by atoms with Crippen LogP contribution in [0.25, 0.3) is 0 Å². The van der Waals surface area contributed by atoms with Crippen molar-refractivity contribution in [2.45, 2.75) is 6.54 Å². The van der Waals surface area contributed by atoms with Crippen LogP contribution in [0.5, 0.6) is 5.75 Å². The molecule has 0 heterocycles. The number of benzene rings is 2. The first-order valence-electron chi connectivity index (χ1n) is 6.55. The Balaban J connectivity index is 1.76. The molecule has 0 saturated carbocycles. The normalized spacial score (nSPS) is 10.8. The SMILES string of the molecule is CN(CCOc1ccc(N)cc1)Cc1ccccc1Br. The van der Waals surface area contributed by atoms with E-state index in [1.165, 1.54) is 5.56 Å². The Hall–Kier alpha value is -1.52. The second-order valence-electron chi connectivity index (χ2n) is 4.75. The van der Waals surface area contributed by atoms with E-state index >= 15 is 0 Å².